The van der Waals surface area contributed by atoms with Crippen molar-refractivity contribution >= 4 is 11.6 Å². The smallest absolute Gasteiger partial charge is 0.358 e. The van der Waals surface area contributed by atoms with Gasteiger partial charge >= 0.3 is 5.97 Å². The molecule has 4 rings (SSSR count). The molecule has 0 aromatic carbocycles. The van der Waals surface area contributed by atoms with Crippen LogP contribution in [0.4, 0.5) is 0 Å². The largest absolute Gasteiger partial charge is 0.461 e. The van der Waals surface area contributed by atoms with Crippen LogP contribution in [0, 0.1) is 5.41 Å². The van der Waals surface area contributed by atoms with E-state index in [-0.39, 0.29) is 5.97 Å². The van der Waals surface area contributed by atoms with Gasteiger partial charge in [-0.25, -0.2) is 14.3 Å². The first kappa shape index (κ1) is 16.6. The fraction of sp³-hybridized carbons (Fsp3) is 0.650. The summed E-state index contributed by atoms with van der Waals surface area (Å²) < 4.78 is 6.91. The minimum atomic E-state index is -0.376. The summed E-state index contributed by atoms with van der Waals surface area (Å²) in [5, 5.41) is 4.46. The number of nitrogens with zero attached hydrogens (tertiary/aromatic N) is 3. The summed E-state index contributed by atoms with van der Waals surface area (Å²) in [5.41, 5.74) is 3.92. The van der Waals surface area contributed by atoms with Crippen LogP contribution in [0.15, 0.2) is 12.1 Å². The van der Waals surface area contributed by atoms with Gasteiger partial charge in [-0.05, 0) is 43.6 Å². The lowest BCUT2D eigenvalue weighted by molar-refractivity contribution is 0.0519. The third-order valence-corrected chi connectivity index (χ3v) is 5.95. The zero-order valence-electron chi connectivity index (χ0n) is 15.4. The first-order chi connectivity index (χ1) is 12.0. The Hall–Kier alpha value is -1.91. The van der Waals surface area contributed by atoms with E-state index in [1.54, 1.807) is 13.0 Å². The van der Waals surface area contributed by atoms with Crippen LogP contribution < -0.4 is 0 Å². The summed E-state index contributed by atoms with van der Waals surface area (Å²) in [6, 6.07) is 3.98. The van der Waals surface area contributed by atoms with Crippen molar-refractivity contribution in [3.8, 4) is 0 Å². The summed E-state index contributed by atoms with van der Waals surface area (Å²) >= 11 is 0. The van der Waals surface area contributed by atoms with Crippen LogP contribution in [0.25, 0.3) is 5.65 Å². The Morgan fingerprint density at radius 3 is 2.76 bits per heavy atom. The Kier molecular flexibility index (Phi) is 4.05. The molecule has 2 aliphatic carbocycles. The Bertz CT molecular complexity index is 803. The van der Waals surface area contributed by atoms with Crippen LogP contribution in [-0.2, 0) is 4.74 Å². The molecule has 5 nitrogen and oxygen atoms in total. The topological polar surface area (TPSA) is 56.5 Å². The van der Waals surface area contributed by atoms with Crippen molar-refractivity contribution in [2.75, 3.05) is 6.61 Å². The van der Waals surface area contributed by atoms with Gasteiger partial charge in [-0.3, -0.25) is 0 Å². The molecule has 5 heteroatoms. The zero-order valence-corrected chi connectivity index (χ0v) is 15.4. The lowest BCUT2D eigenvalue weighted by Gasteiger charge is -2.22. The van der Waals surface area contributed by atoms with Crippen LogP contribution >= 0.6 is 0 Å². The van der Waals surface area contributed by atoms with Gasteiger partial charge in [-0.2, -0.15) is 5.10 Å². The van der Waals surface area contributed by atoms with Gasteiger partial charge in [-0.1, -0.05) is 33.1 Å². The molecule has 0 amide bonds. The van der Waals surface area contributed by atoms with Gasteiger partial charge in [0.05, 0.1) is 6.61 Å². The normalized spacial score (nSPS) is 21.8. The monoisotopic (exact) mass is 341 g/mol. The third-order valence-electron chi connectivity index (χ3n) is 5.95. The molecule has 0 bridgehead atoms. The number of fused-ring (bicyclic) bond motifs is 1. The van der Waals surface area contributed by atoms with Crippen LogP contribution in [0.1, 0.15) is 93.0 Å². The van der Waals surface area contributed by atoms with E-state index >= 15 is 0 Å². The van der Waals surface area contributed by atoms with E-state index in [4.69, 9.17) is 9.72 Å². The Morgan fingerprint density at radius 1 is 1.32 bits per heavy atom. The van der Waals surface area contributed by atoms with Gasteiger partial charge in [0.1, 0.15) is 0 Å². The van der Waals surface area contributed by atoms with E-state index in [0.717, 1.165) is 11.3 Å². The molecule has 0 aliphatic heterocycles. The molecule has 1 atom stereocenters. The second-order valence-electron chi connectivity index (χ2n) is 7.96. The molecule has 134 valence electrons. The van der Waals surface area contributed by atoms with Gasteiger partial charge in [0, 0.05) is 23.4 Å². The van der Waals surface area contributed by atoms with E-state index in [9.17, 15) is 4.79 Å². The minimum absolute atomic E-state index is 0.320. The predicted octanol–water partition coefficient (Wildman–Crippen LogP) is 4.47. The Balaban J connectivity index is 1.73. The van der Waals surface area contributed by atoms with E-state index in [1.165, 1.54) is 44.2 Å². The minimum Gasteiger partial charge on any atom is -0.461 e. The Labute approximate surface area is 148 Å². The predicted molar refractivity (Wildman–Crippen MR) is 95.9 cm³/mol. The second kappa shape index (κ2) is 6.11. The van der Waals surface area contributed by atoms with Crippen molar-refractivity contribution in [3.63, 3.8) is 0 Å². The lowest BCUT2D eigenvalue weighted by Crippen LogP contribution is -2.11. The third kappa shape index (κ3) is 2.83. The summed E-state index contributed by atoms with van der Waals surface area (Å²) in [6.07, 6.45) is 8.05. The SMILES string of the molecule is CCOC(=O)c1cc2nc(C3CC34CCCCC4)cc(C(C)C)n2n1. The van der Waals surface area contributed by atoms with Crippen molar-refractivity contribution in [2.24, 2.45) is 5.41 Å². The standard InChI is InChI=1S/C20H27N3O2/c1-4-25-19(24)16-11-18-21-15(10-17(13(2)3)23(18)22-16)14-12-20(14)8-6-5-7-9-20/h10-11,13-14H,4-9,12H2,1-3H3. The van der Waals surface area contributed by atoms with Gasteiger partial charge in [0.2, 0.25) is 0 Å². The number of hydrogen-bond acceptors (Lipinski definition) is 4. The molecule has 2 aliphatic rings. The van der Waals surface area contributed by atoms with Crippen LogP contribution in [-0.4, -0.2) is 27.2 Å². The second-order valence-corrected chi connectivity index (χ2v) is 7.96. The highest BCUT2D eigenvalue weighted by atomic mass is 16.5. The molecule has 25 heavy (non-hydrogen) atoms. The highest BCUT2D eigenvalue weighted by Crippen LogP contribution is 2.66. The molecule has 2 heterocycles. The number of rotatable bonds is 4. The quantitative estimate of drug-likeness (QED) is 0.770. The highest BCUT2D eigenvalue weighted by molar-refractivity contribution is 5.88. The summed E-state index contributed by atoms with van der Waals surface area (Å²) in [4.78, 5) is 16.9. The maximum absolute atomic E-state index is 12.0. The average Bonchev–Trinajstić information content (AvgIpc) is 3.10. The maximum Gasteiger partial charge on any atom is 0.358 e. The van der Waals surface area contributed by atoms with Crippen molar-refractivity contribution in [2.45, 2.75) is 71.1 Å². The first-order valence-corrected chi connectivity index (χ1v) is 9.62. The van der Waals surface area contributed by atoms with E-state index < -0.39 is 0 Å². The van der Waals surface area contributed by atoms with Gasteiger partial charge in [0.15, 0.2) is 11.3 Å². The van der Waals surface area contributed by atoms with Gasteiger partial charge in [-0.15, -0.1) is 0 Å². The molecular formula is C20H27N3O2. The van der Waals surface area contributed by atoms with Gasteiger partial charge < -0.3 is 4.74 Å². The molecule has 2 aromatic heterocycles. The number of hydrogen-bond donors (Lipinski definition) is 0. The van der Waals surface area contributed by atoms with E-state index in [2.05, 4.69) is 25.0 Å². The summed E-state index contributed by atoms with van der Waals surface area (Å²) in [6.45, 7) is 6.48. The van der Waals surface area contributed by atoms with Crippen LogP contribution in [0.3, 0.4) is 0 Å². The molecule has 1 spiro atoms. The zero-order chi connectivity index (χ0) is 17.6. The fourth-order valence-electron chi connectivity index (χ4n) is 4.49. The number of aromatic nitrogens is 3. The number of ether oxygens (including phenoxy) is 1. The average molecular weight is 341 g/mol. The van der Waals surface area contributed by atoms with Crippen LogP contribution in [0.5, 0.6) is 0 Å². The molecule has 0 radical (unpaired) electrons. The van der Waals surface area contributed by atoms with Crippen molar-refractivity contribution in [1.29, 1.82) is 0 Å². The van der Waals surface area contributed by atoms with Crippen molar-refractivity contribution < 1.29 is 9.53 Å². The molecule has 0 N–H and O–H groups in total. The Morgan fingerprint density at radius 2 is 2.08 bits per heavy atom. The van der Waals surface area contributed by atoms with E-state index in [0.29, 0.717) is 29.6 Å². The van der Waals surface area contributed by atoms with Crippen molar-refractivity contribution in [3.05, 3.63) is 29.2 Å². The molecule has 0 saturated heterocycles. The lowest BCUT2D eigenvalue weighted by atomic mass is 9.84. The van der Waals surface area contributed by atoms with Crippen molar-refractivity contribution in [1.82, 2.24) is 14.6 Å². The maximum atomic E-state index is 12.0. The number of esters is 1. The molecule has 1 unspecified atom stereocenters. The fourth-order valence-corrected chi connectivity index (χ4v) is 4.49. The number of carbonyl (C=O) groups is 1. The summed E-state index contributed by atoms with van der Waals surface area (Å²) in [7, 11) is 0. The molecule has 2 aromatic rings. The highest BCUT2D eigenvalue weighted by Gasteiger charge is 2.55. The van der Waals surface area contributed by atoms with Crippen LogP contribution in [0.2, 0.25) is 0 Å². The molecular weight excluding hydrogens is 314 g/mol. The van der Waals surface area contributed by atoms with Gasteiger partial charge in [0.25, 0.3) is 0 Å². The van der Waals surface area contributed by atoms with E-state index in [1.807, 2.05) is 4.52 Å². The summed E-state index contributed by atoms with van der Waals surface area (Å²) in [5.74, 6) is 0.524. The number of carbonyl (C=O) groups excluding carboxylic acids is 1. The molecule has 2 saturated carbocycles. The molecule has 2 fully saturated rings. The first-order valence-electron chi connectivity index (χ1n) is 9.62.